The summed E-state index contributed by atoms with van der Waals surface area (Å²) >= 11 is 4.81. The monoisotopic (exact) mass is 466 g/mol. The number of halogens is 1. The summed E-state index contributed by atoms with van der Waals surface area (Å²) in [5.74, 6) is 0.426. The number of fused-ring (bicyclic) bond motifs is 1. The quantitative estimate of drug-likeness (QED) is 0.356. The Kier molecular flexibility index (Phi) is 7.54. The molecule has 1 aliphatic rings. The summed E-state index contributed by atoms with van der Waals surface area (Å²) in [4.78, 5) is 34.5. The fourth-order valence-electron chi connectivity index (χ4n) is 3.27. The Bertz CT molecular complexity index is 894. The van der Waals surface area contributed by atoms with Gasteiger partial charge in [0, 0.05) is 37.2 Å². The molecule has 0 aliphatic carbocycles. The minimum atomic E-state index is -0.0306. The van der Waals surface area contributed by atoms with Crippen LogP contribution in [-0.2, 0) is 11.3 Å². The van der Waals surface area contributed by atoms with Gasteiger partial charge in [-0.2, -0.15) is 0 Å². The number of benzene rings is 1. The predicted octanol–water partition coefficient (Wildman–Crippen LogP) is 3.22. The fourth-order valence-corrected chi connectivity index (χ4v) is 4.56. The molecule has 0 atom stereocenters. The predicted molar refractivity (Wildman–Crippen MR) is 118 cm³/mol. The summed E-state index contributed by atoms with van der Waals surface area (Å²) in [5, 5.41) is 1.25. The van der Waals surface area contributed by atoms with E-state index in [1.54, 1.807) is 4.57 Å². The number of aromatic nitrogens is 2. The molecule has 8 heteroatoms. The lowest BCUT2D eigenvalue weighted by molar-refractivity contribution is -0.129. The van der Waals surface area contributed by atoms with Crippen LogP contribution in [0.2, 0.25) is 0 Å². The first kappa shape index (κ1) is 21.3. The Morgan fingerprint density at radius 3 is 2.68 bits per heavy atom. The van der Waals surface area contributed by atoms with Crippen LogP contribution < -0.4 is 5.56 Å². The molecule has 152 valence electrons. The number of hydrogen-bond donors (Lipinski definition) is 0. The Morgan fingerprint density at radius 1 is 1.21 bits per heavy atom. The summed E-state index contributed by atoms with van der Waals surface area (Å²) in [7, 11) is 2.07. The summed E-state index contributed by atoms with van der Waals surface area (Å²) in [5.41, 5.74) is 0.645. The SMILES string of the molecule is CCCCCn1c(SCC(=O)N2CCN(C)CC2)nc2ccc(Br)cc2c1=O. The largest absolute Gasteiger partial charge is 0.339 e. The zero-order valence-corrected chi connectivity index (χ0v) is 18.9. The van der Waals surface area contributed by atoms with E-state index in [1.807, 2.05) is 23.1 Å². The smallest absolute Gasteiger partial charge is 0.262 e. The van der Waals surface area contributed by atoms with E-state index in [9.17, 15) is 9.59 Å². The van der Waals surface area contributed by atoms with Crippen molar-refractivity contribution in [3.05, 3.63) is 33.0 Å². The Balaban J connectivity index is 1.81. The lowest BCUT2D eigenvalue weighted by Gasteiger charge is -2.32. The maximum atomic E-state index is 13.1. The highest BCUT2D eigenvalue weighted by Gasteiger charge is 2.20. The van der Waals surface area contributed by atoms with Crippen LogP contribution in [0, 0.1) is 0 Å². The van der Waals surface area contributed by atoms with Gasteiger partial charge in [-0.15, -0.1) is 0 Å². The van der Waals surface area contributed by atoms with E-state index >= 15 is 0 Å². The number of carbonyl (C=O) groups excluding carboxylic acids is 1. The summed E-state index contributed by atoms with van der Waals surface area (Å²) < 4.78 is 2.61. The van der Waals surface area contributed by atoms with Crippen molar-refractivity contribution >= 4 is 44.5 Å². The molecule has 0 N–H and O–H groups in total. The third-order valence-corrected chi connectivity index (χ3v) is 6.50. The van der Waals surface area contributed by atoms with Crippen molar-refractivity contribution < 1.29 is 4.79 Å². The molecule has 1 saturated heterocycles. The van der Waals surface area contributed by atoms with Crippen molar-refractivity contribution in [3.8, 4) is 0 Å². The lowest BCUT2D eigenvalue weighted by atomic mass is 10.2. The maximum absolute atomic E-state index is 13.1. The number of likely N-dealkylation sites (N-methyl/N-ethyl adjacent to an activating group) is 1. The molecule has 0 radical (unpaired) electrons. The number of rotatable bonds is 7. The molecule has 28 heavy (non-hydrogen) atoms. The molecule has 1 aliphatic heterocycles. The Labute approximate surface area is 178 Å². The van der Waals surface area contributed by atoms with E-state index in [0.29, 0.717) is 28.4 Å². The highest BCUT2D eigenvalue weighted by Crippen LogP contribution is 2.21. The summed E-state index contributed by atoms with van der Waals surface area (Å²) in [6.07, 6.45) is 3.08. The van der Waals surface area contributed by atoms with Crippen LogP contribution in [0.5, 0.6) is 0 Å². The van der Waals surface area contributed by atoms with Gasteiger partial charge in [0.25, 0.3) is 5.56 Å². The zero-order valence-electron chi connectivity index (χ0n) is 16.5. The van der Waals surface area contributed by atoms with Crippen molar-refractivity contribution in [2.75, 3.05) is 39.0 Å². The molecule has 6 nitrogen and oxygen atoms in total. The van der Waals surface area contributed by atoms with Crippen LogP contribution in [-0.4, -0.2) is 64.2 Å². The minimum absolute atomic E-state index is 0.0306. The number of piperazine rings is 1. The maximum Gasteiger partial charge on any atom is 0.262 e. The van der Waals surface area contributed by atoms with Gasteiger partial charge in [0.15, 0.2) is 5.16 Å². The van der Waals surface area contributed by atoms with E-state index in [0.717, 1.165) is 49.9 Å². The van der Waals surface area contributed by atoms with Crippen molar-refractivity contribution in [1.29, 1.82) is 0 Å². The number of carbonyl (C=O) groups is 1. The third kappa shape index (κ3) is 5.15. The Morgan fingerprint density at radius 2 is 1.96 bits per heavy atom. The molecule has 2 aromatic rings. The van der Waals surface area contributed by atoms with Crippen LogP contribution in [0.1, 0.15) is 26.2 Å². The van der Waals surface area contributed by atoms with Crippen molar-refractivity contribution in [3.63, 3.8) is 0 Å². The summed E-state index contributed by atoms with van der Waals surface area (Å²) in [6, 6.07) is 5.56. The second-order valence-electron chi connectivity index (χ2n) is 7.19. The van der Waals surface area contributed by atoms with E-state index in [2.05, 4.69) is 34.8 Å². The topological polar surface area (TPSA) is 58.4 Å². The fraction of sp³-hybridized carbons (Fsp3) is 0.550. The molecule has 3 rings (SSSR count). The number of thioether (sulfide) groups is 1. The zero-order chi connectivity index (χ0) is 20.1. The molecule has 1 aromatic heterocycles. The average Bonchev–Trinajstić information content (AvgIpc) is 2.69. The average molecular weight is 467 g/mol. The van der Waals surface area contributed by atoms with E-state index in [1.165, 1.54) is 11.8 Å². The van der Waals surface area contributed by atoms with E-state index < -0.39 is 0 Å². The van der Waals surface area contributed by atoms with Crippen molar-refractivity contribution in [2.24, 2.45) is 0 Å². The van der Waals surface area contributed by atoms with Crippen molar-refractivity contribution in [1.82, 2.24) is 19.4 Å². The Hall–Kier alpha value is -1.38. The van der Waals surface area contributed by atoms with Gasteiger partial charge < -0.3 is 9.80 Å². The third-order valence-electron chi connectivity index (χ3n) is 5.05. The van der Waals surface area contributed by atoms with Gasteiger partial charge in [0.05, 0.1) is 16.7 Å². The van der Waals surface area contributed by atoms with Crippen LogP contribution in [0.3, 0.4) is 0 Å². The second-order valence-corrected chi connectivity index (χ2v) is 9.05. The van der Waals surface area contributed by atoms with Gasteiger partial charge in [-0.05, 0) is 31.7 Å². The van der Waals surface area contributed by atoms with Crippen LogP contribution in [0.25, 0.3) is 10.9 Å². The number of unbranched alkanes of at least 4 members (excludes halogenated alkanes) is 2. The molecular weight excluding hydrogens is 440 g/mol. The molecule has 2 heterocycles. The molecule has 1 fully saturated rings. The minimum Gasteiger partial charge on any atom is -0.339 e. The molecule has 0 saturated carbocycles. The molecule has 0 unspecified atom stereocenters. The van der Waals surface area contributed by atoms with Crippen molar-refractivity contribution in [2.45, 2.75) is 37.9 Å². The normalized spacial score (nSPS) is 15.3. The molecule has 0 bridgehead atoms. The number of nitrogens with zero attached hydrogens (tertiary/aromatic N) is 4. The first-order valence-electron chi connectivity index (χ1n) is 9.79. The summed E-state index contributed by atoms with van der Waals surface area (Å²) in [6.45, 7) is 6.11. The molecule has 1 amide bonds. The van der Waals surface area contributed by atoms with Gasteiger partial charge in [-0.1, -0.05) is 47.5 Å². The van der Waals surface area contributed by atoms with Gasteiger partial charge in [0.1, 0.15) is 0 Å². The molecular formula is C20H27BrN4O2S. The number of hydrogen-bond acceptors (Lipinski definition) is 5. The second kappa shape index (κ2) is 9.89. The highest BCUT2D eigenvalue weighted by atomic mass is 79.9. The van der Waals surface area contributed by atoms with Crippen LogP contribution in [0.4, 0.5) is 0 Å². The van der Waals surface area contributed by atoms with Gasteiger partial charge >= 0.3 is 0 Å². The first-order chi connectivity index (χ1) is 13.5. The van der Waals surface area contributed by atoms with Gasteiger partial charge in [0.2, 0.25) is 5.91 Å². The molecule has 0 spiro atoms. The molecule has 1 aromatic carbocycles. The standard InChI is InChI=1S/C20H27BrN4O2S/c1-3-4-5-8-25-19(27)16-13-15(21)6-7-17(16)22-20(25)28-14-18(26)24-11-9-23(2)10-12-24/h6-7,13H,3-5,8-12,14H2,1-2H3. The van der Waals surface area contributed by atoms with Crippen LogP contribution >= 0.6 is 27.7 Å². The lowest BCUT2D eigenvalue weighted by Crippen LogP contribution is -2.47. The van der Waals surface area contributed by atoms with E-state index in [-0.39, 0.29) is 11.5 Å². The van der Waals surface area contributed by atoms with Gasteiger partial charge in [-0.3, -0.25) is 14.2 Å². The highest BCUT2D eigenvalue weighted by molar-refractivity contribution is 9.10. The van der Waals surface area contributed by atoms with E-state index in [4.69, 9.17) is 4.98 Å². The first-order valence-corrected chi connectivity index (χ1v) is 11.6. The number of amides is 1. The van der Waals surface area contributed by atoms with Gasteiger partial charge in [-0.25, -0.2) is 4.98 Å². The van der Waals surface area contributed by atoms with Crippen LogP contribution in [0.15, 0.2) is 32.6 Å².